The van der Waals surface area contributed by atoms with Gasteiger partial charge in [-0.1, -0.05) is 53.6 Å². The molecular formula is C16H15ClO. The summed E-state index contributed by atoms with van der Waals surface area (Å²) in [5.74, 6) is 0.137. The van der Waals surface area contributed by atoms with E-state index in [0.717, 1.165) is 6.42 Å². The van der Waals surface area contributed by atoms with Gasteiger partial charge in [0.1, 0.15) is 0 Å². The highest BCUT2D eigenvalue weighted by Gasteiger charge is 2.06. The van der Waals surface area contributed by atoms with Crippen molar-refractivity contribution >= 4 is 17.4 Å². The van der Waals surface area contributed by atoms with Gasteiger partial charge in [0.15, 0.2) is 5.78 Å². The third kappa shape index (κ3) is 3.44. The molecule has 0 aromatic heterocycles. The molecule has 0 fully saturated rings. The normalized spacial score (nSPS) is 10.3. The van der Waals surface area contributed by atoms with Crippen molar-refractivity contribution in [3.8, 4) is 0 Å². The minimum absolute atomic E-state index is 0.137. The van der Waals surface area contributed by atoms with Crippen molar-refractivity contribution < 1.29 is 4.79 Å². The molecule has 18 heavy (non-hydrogen) atoms. The van der Waals surface area contributed by atoms with E-state index in [-0.39, 0.29) is 5.78 Å². The molecule has 0 aliphatic rings. The first-order chi connectivity index (χ1) is 8.65. The minimum Gasteiger partial charge on any atom is -0.294 e. The Morgan fingerprint density at radius 3 is 2.50 bits per heavy atom. The van der Waals surface area contributed by atoms with E-state index in [1.54, 1.807) is 18.2 Å². The molecule has 0 N–H and O–H groups in total. The van der Waals surface area contributed by atoms with E-state index >= 15 is 0 Å². The van der Waals surface area contributed by atoms with E-state index < -0.39 is 0 Å². The fraction of sp³-hybridized carbons (Fsp3) is 0.188. The van der Waals surface area contributed by atoms with Crippen LogP contribution in [0.4, 0.5) is 0 Å². The van der Waals surface area contributed by atoms with Crippen LogP contribution in [0.2, 0.25) is 5.02 Å². The quantitative estimate of drug-likeness (QED) is 0.740. The third-order valence-electron chi connectivity index (χ3n) is 2.91. The van der Waals surface area contributed by atoms with Gasteiger partial charge in [0.25, 0.3) is 0 Å². The van der Waals surface area contributed by atoms with Crippen LogP contribution in [-0.4, -0.2) is 5.78 Å². The predicted molar refractivity (Wildman–Crippen MR) is 75.3 cm³/mol. The third-order valence-corrected chi connectivity index (χ3v) is 3.14. The molecular weight excluding hydrogens is 244 g/mol. The van der Waals surface area contributed by atoms with Gasteiger partial charge in [0.2, 0.25) is 0 Å². The van der Waals surface area contributed by atoms with Crippen LogP contribution in [0.25, 0.3) is 0 Å². The van der Waals surface area contributed by atoms with Crippen LogP contribution in [0.3, 0.4) is 0 Å². The molecule has 0 bridgehead atoms. The summed E-state index contributed by atoms with van der Waals surface area (Å²) in [7, 11) is 0. The monoisotopic (exact) mass is 258 g/mol. The first kappa shape index (κ1) is 12.8. The van der Waals surface area contributed by atoms with E-state index in [4.69, 9.17) is 11.6 Å². The van der Waals surface area contributed by atoms with Gasteiger partial charge in [-0.05, 0) is 31.0 Å². The number of hydrogen-bond acceptors (Lipinski definition) is 1. The average molecular weight is 259 g/mol. The summed E-state index contributed by atoms with van der Waals surface area (Å²) in [5.41, 5.74) is 3.12. The summed E-state index contributed by atoms with van der Waals surface area (Å²) in [5, 5.41) is 0.608. The molecule has 0 radical (unpaired) electrons. The van der Waals surface area contributed by atoms with Crippen molar-refractivity contribution in [2.75, 3.05) is 0 Å². The van der Waals surface area contributed by atoms with Gasteiger partial charge < -0.3 is 0 Å². The van der Waals surface area contributed by atoms with Crippen LogP contribution in [0.5, 0.6) is 0 Å². The van der Waals surface area contributed by atoms with Crippen LogP contribution in [0, 0.1) is 6.92 Å². The van der Waals surface area contributed by atoms with Gasteiger partial charge in [0.05, 0.1) is 0 Å². The maximum Gasteiger partial charge on any atom is 0.163 e. The highest BCUT2D eigenvalue weighted by Crippen LogP contribution is 2.14. The Morgan fingerprint density at radius 1 is 1.11 bits per heavy atom. The molecule has 92 valence electrons. The molecule has 2 aromatic rings. The Labute approximate surface area is 112 Å². The molecule has 2 heteroatoms. The minimum atomic E-state index is 0.137. The van der Waals surface area contributed by atoms with Crippen LogP contribution in [0.15, 0.2) is 48.5 Å². The van der Waals surface area contributed by atoms with Crippen LogP contribution in [-0.2, 0) is 6.42 Å². The first-order valence-corrected chi connectivity index (χ1v) is 6.37. The molecule has 0 saturated carbocycles. The molecule has 0 saturated heterocycles. The summed E-state index contributed by atoms with van der Waals surface area (Å²) < 4.78 is 0. The molecule has 0 aliphatic heterocycles. The standard InChI is InChI=1S/C16H15ClO/c1-12-5-7-13(8-6-12)9-10-16(18)14-3-2-4-15(17)11-14/h2-8,11H,9-10H2,1H3. The summed E-state index contributed by atoms with van der Waals surface area (Å²) in [6.07, 6.45) is 1.29. The first-order valence-electron chi connectivity index (χ1n) is 5.99. The van der Waals surface area contributed by atoms with Crippen LogP contribution < -0.4 is 0 Å². The van der Waals surface area contributed by atoms with E-state index in [1.165, 1.54) is 11.1 Å². The molecule has 1 nitrogen and oxygen atoms in total. The van der Waals surface area contributed by atoms with E-state index in [0.29, 0.717) is 17.0 Å². The molecule has 0 spiro atoms. The lowest BCUT2D eigenvalue weighted by Gasteiger charge is -2.03. The Kier molecular flexibility index (Phi) is 4.16. The summed E-state index contributed by atoms with van der Waals surface area (Å²) >= 11 is 5.87. The number of ketones is 1. The lowest BCUT2D eigenvalue weighted by Crippen LogP contribution is -2.01. The number of benzene rings is 2. The fourth-order valence-electron chi connectivity index (χ4n) is 1.82. The molecule has 0 amide bonds. The van der Waals surface area contributed by atoms with Gasteiger partial charge in [-0.25, -0.2) is 0 Å². The zero-order valence-corrected chi connectivity index (χ0v) is 11.1. The fourth-order valence-corrected chi connectivity index (χ4v) is 2.01. The number of aryl methyl sites for hydroxylation is 2. The average Bonchev–Trinajstić information content (AvgIpc) is 2.38. The number of rotatable bonds is 4. The SMILES string of the molecule is Cc1ccc(CCC(=O)c2cccc(Cl)c2)cc1. The van der Waals surface area contributed by atoms with Crippen molar-refractivity contribution in [2.24, 2.45) is 0 Å². The Hall–Kier alpha value is -1.60. The van der Waals surface area contributed by atoms with Gasteiger partial charge in [0, 0.05) is 17.0 Å². The molecule has 0 unspecified atom stereocenters. The Bertz CT molecular complexity index is 543. The lowest BCUT2D eigenvalue weighted by molar-refractivity contribution is 0.0983. The largest absolute Gasteiger partial charge is 0.294 e. The van der Waals surface area contributed by atoms with Crippen molar-refractivity contribution in [1.82, 2.24) is 0 Å². The second kappa shape index (κ2) is 5.83. The smallest absolute Gasteiger partial charge is 0.163 e. The highest BCUT2D eigenvalue weighted by atomic mass is 35.5. The number of carbonyl (C=O) groups is 1. The number of halogens is 1. The van der Waals surface area contributed by atoms with Crippen molar-refractivity contribution in [3.05, 3.63) is 70.2 Å². The second-order valence-corrected chi connectivity index (χ2v) is 4.86. The maximum absolute atomic E-state index is 12.0. The number of carbonyl (C=O) groups excluding carboxylic acids is 1. The topological polar surface area (TPSA) is 17.1 Å². The number of hydrogen-bond donors (Lipinski definition) is 0. The van der Waals surface area contributed by atoms with Crippen molar-refractivity contribution in [2.45, 2.75) is 19.8 Å². The molecule has 2 rings (SSSR count). The zero-order chi connectivity index (χ0) is 13.0. The number of Topliss-reactive ketones (excluding diaryl/α,β-unsaturated/α-hetero) is 1. The summed E-state index contributed by atoms with van der Waals surface area (Å²) in [6, 6.07) is 15.4. The molecule has 0 aliphatic carbocycles. The Morgan fingerprint density at radius 2 is 1.83 bits per heavy atom. The van der Waals surface area contributed by atoms with Crippen molar-refractivity contribution in [3.63, 3.8) is 0 Å². The molecule has 2 aromatic carbocycles. The zero-order valence-electron chi connectivity index (χ0n) is 10.3. The summed E-state index contributed by atoms with van der Waals surface area (Å²) in [6.45, 7) is 2.06. The van der Waals surface area contributed by atoms with Crippen molar-refractivity contribution in [1.29, 1.82) is 0 Å². The maximum atomic E-state index is 12.0. The van der Waals surface area contributed by atoms with E-state index in [9.17, 15) is 4.79 Å². The van der Waals surface area contributed by atoms with E-state index in [1.807, 2.05) is 6.07 Å². The second-order valence-electron chi connectivity index (χ2n) is 4.42. The van der Waals surface area contributed by atoms with Gasteiger partial charge in [-0.2, -0.15) is 0 Å². The Balaban J connectivity index is 1.98. The highest BCUT2D eigenvalue weighted by molar-refractivity contribution is 6.31. The summed E-state index contributed by atoms with van der Waals surface area (Å²) in [4.78, 5) is 12.0. The molecule has 0 heterocycles. The predicted octanol–water partition coefficient (Wildman–Crippen LogP) is 4.46. The van der Waals surface area contributed by atoms with Gasteiger partial charge in [-0.15, -0.1) is 0 Å². The van der Waals surface area contributed by atoms with Crippen LogP contribution in [0.1, 0.15) is 27.9 Å². The van der Waals surface area contributed by atoms with Gasteiger partial charge in [-0.3, -0.25) is 4.79 Å². The lowest BCUT2D eigenvalue weighted by atomic mass is 10.0. The van der Waals surface area contributed by atoms with E-state index in [2.05, 4.69) is 31.2 Å². The van der Waals surface area contributed by atoms with Gasteiger partial charge >= 0.3 is 0 Å². The van der Waals surface area contributed by atoms with Crippen LogP contribution >= 0.6 is 11.6 Å². The molecule has 0 atom stereocenters.